The van der Waals surface area contributed by atoms with Gasteiger partial charge in [0.1, 0.15) is 18.9 Å². The Kier molecular flexibility index (Phi) is 7.12. The van der Waals surface area contributed by atoms with Crippen LogP contribution in [-0.4, -0.2) is 28.5 Å². The number of carbonyl (C=O) groups excluding carboxylic acids is 3. The fraction of sp³-hybridized carbons (Fsp3) is 0.0800. The van der Waals surface area contributed by atoms with Gasteiger partial charge in [0.25, 0.3) is 11.1 Å². The van der Waals surface area contributed by atoms with Crippen LogP contribution in [0.25, 0.3) is 6.08 Å². The number of anilines is 1. The molecule has 0 saturated carbocycles. The van der Waals surface area contributed by atoms with Gasteiger partial charge in [-0.3, -0.25) is 19.3 Å². The number of hydrogen-bond donors (Lipinski definition) is 1. The van der Waals surface area contributed by atoms with Gasteiger partial charge in [-0.25, -0.2) is 0 Å². The molecule has 1 aliphatic heterocycles. The highest BCUT2D eigenvalue weighted by Crippen LogP contribution is 2.34. The molecule has 1 saturated heterocycles. The number of ether oxygens (including phenoxy) is 1. The number of hydrogen-bond acceptors (Lipinski definition) is 5. The van der Waals surface area contributed by atoms with Crippen LogP contribution in [0.4, 0.5) is 10.5 Å². The number of carbonyl (C=O) groups is 3. The highest BCUT2D eigenvalue weighted by atomic mass is 35.5. The van der Waals surface area contributed by atoms with Crippen molar-refractivity contribution >= 4 is 52.2 Å². The zero-order valence-electron chi connectivity index (χ0n) is 17.4. The molecule has 0 bridgehead atoms. The largest absolute Gasteiger partial charge is 0.488 e. The minimum Gasteiger partial charge on any atom is -0.488 e. The first kappa shape index (κ1) is 22.6. The first-order valence-electron chi connectivity index (χ1n) is 10.1. The molecule has 6 nitrogen and oxygen atoms in total. The minimum atomic E-state index is -0.519. The smallest absolute Gasteiger partial charge is 0.294 e. The predicted molar refractivity (Wildman–Crippen MR) is 130 cm³/mol. The van der Waals surface area contributed by atoms with Crippen LogP contribution in [0, 0.1) is 0 Å². The van der Waals surface area contributed by atoms with E-state index >= 15 is 0 Å². The van der Waals surface area contributed by atoms with E-state index in [2.05, 4.69) is 5.32 Å². The van der Waals surface area contributed by atoms with Crippen molar-refractivity contribution in [2.24, 2.45) is 0 Å². The Balaban J connectivity index is 1.46. The summed E-state index contributed by atoms with van der Waals surface area (Å²) in [6.45, 7) is -0.104. The molecule has 0 atom stereocenters. The van der Waals surface area contributed by atoms with Crippen LogP contribution in [0.3, 0.4) is 0 Å². The average Bonchev–Trinajstić information content (AvgIpc) is 3.07. The van der Waals surface area contributed by atoms with Gasteiger partial charge in [0.15, 0.2) is 0 Å². The molecule has 0 unspecified atom stereocenters. The molecule has 4 rings (SSSR count). The number of rotatable bonds is 7. The molecule has 1 N–H and O–H groups in total. The van der Waals surface area contributed by atoms with Crippen molar-refractivity contribution in [1.82, 2.24) is 4.90 Å². The van der Waals surface area contributed by atoms with E-state index in [1.165, 1.54) is 0 Å². The third-order valence-corrected chi connectivity index (χ3v) is 6.06. The van der Waals surface area contributed by atoms with E-state index in [1.54, 1.807) is 48.5 Å². The highest BCUT2D eigenvalue weighted by Gasteiger charge is 2.36. The molecular formula is C25H19ClN2O4S. The van der Waals surface area contributed by atoms with Crippen molar-refractivity contribution < 1.29 is 19.1 Å². The molecule has 0 aliphatic carbocycles. The third-order valence-electron chi connectivity index (χ3n) is 4.78. The second-order valence-corrected chi connectivity index (χ2v) is 8.50. The van der Waals surface area contributed by atoms with Crippen molar-refractivity contribution in [3.63, 3.8) is 0 Å². The molecule has 0 spiro atoms. The number of amides is 3. The summed E-state index contributed by atoms with van der Waals surface area (Å²) < 4.78 is 5.92. The fourth-order valence-corrected chi connectivity index (χ4v) is 4.16. The standard InChI is InChI=1S/C25H19ClN2O4S/c26-20-12-6-4-9-18(20)16-32-21-13-7-5-8-17(21)14-22-24(30)28(25(31)33-22)15-23(29)27-19-10-2-1-3-11-19/h1-14H,15-16H2,(H,27,29)/b22-14-. The van der Waals surface area contributed by atoms with Gasteiger partial charge in [0.05, 0.1) is 4.91 Å². The Bertz CT molecular complexity index is 1230. The molecule has 1 fully saturated rings. The van der Waals surface area contributed by atoms with Gasteiger partial charge in [-0.05, 0) is 42.1 Å². The Labute approximate surface area is 200 Å². The van der Waals surface area contributed by atoms with Crippen LogP contribution in [0.2, 0.25) is 5.02 Å². The molecule has 3 aromatic rings. The molecule has 1 aliphatic rings. The molecule has 0 aromatic heterocycles. The van der Waals surface area contributed by atoms with Crippen LogP contribution in [-0.2, 0) is 16.2 Å². The first-order chi connectivity index (χ1) is 16.0. The van der Waals surface area contributed by atoms with Crippen molar-refractivity contribution in [1.29, 1.82) is 0 Å². The zero-order valence-corrected chi connectivity index (χ0v) is 18.9. The summed E-state index contributed by atoms with van der Waals surface area (Å²) in [7, 11) is 0. The molecular weight excluding hydrogens is 460 g/mol. The quantitative estimate of drug-likeness (QED) is 0.448. The number of halogens is 1. The maximum absolute atomic E-state index is 12.8. The highest BCUT2D eigenvalue weighted by molar-refractivity contribution is 8.18. The van der Waals surface area contributed by atoms with Gasteiger partial charge in [0, 0.05) is 21.8 Å². The van der Waals surface area contributed by atoms with E-state index < -0.39 is 17.1 Å². The summed E-state index contributed by atoms with van der Waals surface area (Å²) in [6.07, 6.45) is 1.60. The van der Waals surface area contributed by atoms with Gasteiger partial charge >= 0.3 is 0 Å². The van der Waals surface area contributed by atoms with Gasteiger partial charge in [-0.1, -0.05) is 66.2 Å². The number of nitrogens with zero attached hydrogens (tertiary/aromatic N) is 1. The summed E-state index contributed by atoms with van der Waals surface area (Å²) in [4.78, 5) is 38.7. The van der Waals surface area contributed by atoms with E-state index in [-0.39, 0.29) is 18.1 Å². The Morgan fingerprint density at radius 2 is 1.67 bits per heavy atom. The van der Waals surface area contributed by atoms with Gasteiger partial charge in [-0.2, -0.15) is 0 Å². The van der Waals surface area contributed by atoms with E-state index in [0.29, 0.717) is 22.0 Å². The monoisotopic (exact) mass is 478 g/mol. The average molecular weight is 479 g/mol. The summed E-state index contributed by atoms with van der Waals surface area (Å²) in [5.74, 6) is -0.423. The van der Waals surface area contributed by atoms with Crippen LogP contribution in [0.15, 0.2) is 83.8 Å². The molecule has 166 valence electrons. The first-order valence-corrected chi connectivity index (χ1v) is 11.3. The lowest BCUT2D eigenvalue weighted by atomic mass is 10.1. The summed E-state index contributed by atoms with van der Waals surface area (Å²) in [5.41, 5.74) is 2.07. The summed E-state index contributed by atoms with van der Waals surface area (Å²) in [5, 5.41) is 2.78. The maximum atomic E-state index is 12.8. The number of thioether (sulfide) groups is 1. The SMILES string of the molecule is O=C(CN1C(=O)S/C(=C\c2ccccc2OCc2ccccc2Cl)C1=O)Nc1ccccc1. The van der Waals surface area contributed by atoms with Crippen LogP contribution < -0.4 is 10.1 Å². The lowest BCUT2D eigenvalue weighted by Crippen LogP contribution is -2.36. The molecule has 0 radical (unpaired) electrons. The predicted octanol–water partition coefficient (Wildman–Crippen LogP) is 5.59. The second kappa shape index (κ2) is 10.4. The van der Waals surface area contributed by atoms with E-state index in [4.69, 9.17) is 16.3 Å². The van der Waals surface area contributed by atoms with Crippen molar-refractivity contribution in [2.75, 3.05) is 11.9 Å². The lowest BCUT2D eigenvalue weighted by molar-refractivity contribution is -0.127. The lowest BCUT2D eigenvalue weighted by Gasteiger charge is -2.12. The topological polar surface area (TPSA) is 75.7 Å². The minimum absolute atomic E-state index is 0.223. The second-order valence-electron chi connectivity index (χ2n) is 7.10. The van der Waals surface area contributed by atoms with E-state index in [9.17, 15) is 14.4 Å². The summed E-state index contributed by atoms with van der Waals surface area (Å²) in [6, 6.07) is 23.4. The van der Waals surface area contributed by atoms with Gasteiger partial charge in [0.2, 0.25) is 5.91 Å². The summed E-state index contributed by atoms with van der Waals surface area (Å²) >= 11 is 6.99. The molecule has 3 amide bonds. The van der Waals surface area contributed by atoms with Crippen LogP contribution in [0.5, 0.6) is 5.75 Å². The van der Waals surface area contributed by atoms with Crippen molar-refractivity contribution in [3.8, 4) is 5.75 Å². The van der Waals surface area contributed by atoms with E-state index in [1.807, 2.05) is 36.4 Å². The Morgan fingerprint density at radius 3 is 2.45 bits per heavy atom. The van der Waals surface area contributed by atoms with Gasteiger partial charge < -0.3 is 10.1 Å². The Hall–Kier alpha value is -3.55. The molecule has 3 aromatic carbocycles. The maximum Gasteiger partial charge on any atom is 0.294 e. The molecule has 1 heterocycles. The number of para-hydroxylation sites is 2. The number of imide groups is 1. The van der Waals surface area contributed by atoms with Crippen molar-refractivity contribution in [2.45, 2.75) is 6.61 Å². The number of benzene rings is 3. The zero-order chi connectivity index (χ0) is 23.2. The molecule has 8 heteroatoms. The normalized spacial score (nSPS) is 14.6. The Morgan fingerprint density at radius 1 is 0.970 bits per heavy atom. The third kappa shape index (κ3) is 5.63. The van der Waals surface area contributed by atoms with Crippen molar-refractivity contribution in [3.05, 3.63) is 99.9 Å². The molecule has 33 heavy (non-hydrogen) atoms. The number of nitrogens with one attached hydrogen (secondary N) is 1. The van der Waals surface area contributed by atoms with Crippen LogP contribution in [0.1, 0.15) is 11.1 Å². The van der Waals surface area contributed by atoms with E-state index in [0.717, 1.165) is 22.2 Å². The van der Waals surface area contributed by atoms with Crippen LogP contribution >= 0.6 is 23.4 Å². The fourth-order valence-electron chi connectivity index (χ4n) is 3.15. The van der Waals surface area contributed by atoms with Gasteiger partial charge in [-0.15, -0.1) is 0 Å².